The third kappa shape index (κ3) is 5.05. The van der Waals surface area contributed by atoms with Gasteiger partial charge in [0.05, 0.1) is 13.2 Å². The predicted molar refractivity (Wildman–Crippen MR) is 117 cm³/mol. The molecular formula is C24H31N3O3. The van der Waals surface area contributed by atoms with E-state index in [2.05, 4.69) is 4.98 Å². The standard InChI is InChI=1S/C24H31N3O3/c1-18(2)14-22(28)27-12-13-30-24(17-27,23(29)26(3)4)15-19-7-9-20(10-8-19)21-6-5-11-25-16-21/h5-11,16,18H,12-15,17H2,1-4H3. The van der Waals surface area contributed by atoms with Crippen molar-refractivity contribution >= 4 is 11.8 Å². The summed E-state index contributed by atoms with van der Waals surface area (Å²) in [5, 5.41) is 0. The maximum absolute atomic E-state index is 13.2. The van der Waals surface area contributed by atoms with Crippen LogP contribution in [0.4, 0.5) is 0 Å². The SMILES string of the molecule is CC(C)CC(=O)N1CCOC(Cc2ccc(-c3cccnc3)cc2)(C(=O)N(C)C)C1. The molecular weight excluding hydrogens is 378 g/mol. The number of rotatable bonds is 6. The van der Waals surface area contributed by atoms with Crippen molar-refractivity contribution in [1.82, 2.24) is 14.8 Å². The lowest BCUT2D eigenvalue weighted by Gasteiger charge is -2.43. The van der Waals surface area contributed by atoms with Crippen molar-refractivity contribution in [2.24, 2.45) is 5.92 Å². The highest BCUT2D eigenvalue weighted by Crippen LogP contribution is 2.28. The van der Waals surface area contributed by atoms with E-state index in [9.17, 15) is 9.59 Å². The minimum Gasteiger partial charge on any atom is -0.361 e. The monoisotopic (exact) mass is 409 g/mol. The molecule has 6 heteroatoms. The Kier molecular flexibility index (Phi) is 6.87. The lowest BCUT2D eigenvalue weighted by molar-refractivity contribution is -0.172. The van der Waals surface area contributed by atoms with Crippen LogP contribution in [0.1, 0.15) is 25.8 Å². The van der Waals surface area contributed by atoms with Gasteiger partial charge in [-0.15, -0.1) is 0 Å². The van der Waals surface area contributed by atoms with Crippen molar-refractivity contribution in [2.75, 3.05) is 33.8 Å². The molecule has 2 heterocycles. The molecule has 30 heavy (non-hydrogen) atoms. The van der Waals surface area contributed by atoms with Crippen LogP contribution in [0.2, 0.25) is 0 Å². The van der Waals surface area contributed by atoms with Gasteiger partial charge in [0, 0.05) is 45.9 Å². The fourth-order valence-corrected chi connectivity index (χ4v) is 3.87. The third-order valence-electron chi connectivity index (χ3n) is 5.36. The number of hydrogen-bond donors (Lipinski definition) is 0. The molecule has 1 aromatic carbocycles. The van der Waals surface area contributed by atoms with Crippen molar-refractivity contribution in [3.05, 3.63) is 54.4 Å². The topological polar surface area (TPSA) is 62.7 Å². The number of likely N-dealkylation sites (N-methyl/N-ethyl adjacent to an activating group) is 1. The fraction of sp³-hybridized carbons (Fsp3) is 0.458. The molecule has 2 amide bonds. The average molecular weight is 410 g/mol. The predicted octanol–water partition coefficient (Wildman–Crippen LogP) is 3.02. The summed E-state index contributed by atoms with van der Waals surface area (Å²) in [7, 11) is 3.46. The summed E-state index contributed by atoms with van der Waals surface area (Å²) in [6, 6.07) is 12.0. The number of benzene rings is 1. The molecule has 1 fully saturated rings. The Bertz CT molecular complexity index is 865. The quantitative estimate of drug-likeness (QED) is 0.736. The highest BCUT2D eigenvalue weighted by atomic mass is 16.5. The van der Waals surface area contributed by atoms with Gasteiger partial charge in [0.1, 0.15) is 0 Å². The summed E-state index contributed by atoms with van der Waals surface area (Å²) in [5.41, 5.74) is 2.04. The Morgan fingerprint density at radius 2 is 1.90 bits per heavy atom. The van der Waals surface area contributed by atoms with Gasteiger partial charge in [-0.3, -0.25) is 14.6 Å². The zero-order valence-corrected chi connectivity index (χ0v) is 18.3. The minimum absolute atomic E-state index is 0.0798. The van der Waals surface area contributed by atoms with Gasteiger partial charge in [-0.1, -0.05) is 44.2 Å². The molecule has 1 aromatic heterocycles. The summed E-state index contributed by atoms with van der Waals surface area (Å²) in [4.78, 5) is 33.4. The third-order valence-corrected chi connectivity index (χ3v) is 5.36. The highest BCUT2D eigenvalue weighted by Gasteiger charge is 2.45. The smallest absolute Gasteiger partial charge is 0.256 e. The minimum atomic E-state index is -1.07. The normalized spacial score (nSPS) is 19.0. The molecule has 1 saturated heterocycles. The van der Waals surface area contributed by atoms with Crippen molar-refractivity contribution in [2.45, 2.75) is 32.3 Å². The molecule has 6 nitrogen and oxygen atoms in total. The summed E-state index contributed by atoms with van der Waals surface area (Å²) < 4.78 is 6.10. The van der Waals surface area contributed by atoms with Gasteiger partial charge < -0.3 is 14.5 Å². The molecule has 0 spiro atoms. The van der Waals surface area contributed by atoms with E-state index in [-0.39, 0.29) is 24.3 Å². The first kappa shape index (κ1) is 22.0. The molecule has 0 N–H and O–H groups in total. The molecule has 0 bridgehead atoms. The number of morpholine rings is 1. The van der Waals surface area contributed by atoms with Crippen LogP contribution in [0.5, 0.6) is 0 Å². The Labute approximate surface area is 178 Å². The van der Waals surface area contributed by atoms with Crippen LogP contribution in [0.15, 0.2) is 48.8 Å². The van der Waals surface area contributed by atoms with Gasteiger partial charge in [-0.2, -0.15) is 0 Å². The molecule has 0 radical (unpaired) electrons. The van der Waals surface area contributed by atoms with Gasteiger partial charge in [0.15, 0.2) is 5.60 Å². The van der Waals surface area contributed by atoms with Gasteiger partial charge in [-0.25, -0.2) is 0 Å². The Hall–Kier alpha value is -2.73. The summed E-state index contributed by atoms with van der Waals surface area (Å²) in [6.07, 6.45) is 4.48. The van der Waals surface area contributed by atoms with Crippen molar-refractivity contribution in [3.8, 4) is 11.1 Å². The van der Waals surface area contributed by atoms with E-state index < -0.39 is 5.60 Å². The van der Waals surface area contributed by atoms with E-state index in [1.807, 2.05) is 56.4 Å². The zero-order valence-electron chi connectivity index (χ0n) is 18.3. The van der Waals surface area contributed by atoms with Gasteiger partial charge in [0.2, 0.25) is 5.91 Å². The van der Waals surface area contributed by atoms with E-state index in [4.69, 9.17) is 4.74 Å². The number of carbonyl (C=O) groups excluding carboxylic acids is 2. The van der Waals surface area contributed by atoms with Crippen LogP contribution in [0.25, 0.3) is 11.1 Å². The molecule has 0 saturated carbocycles. The van der Waals surface area contributed by atoms with Crippen LogP contribution in [0.3, 0.4) is 0 Å². The Morgan fingerprint density at radius 3 is 2.50 bits per heavy atom. The van der Waals surface area contributed by atoms with E-state index in [0.29, 0.717) is 26.0 Å². The first-order valence-electron chi connectivity index (χ1n) is 10.4. The van der Waals surface area contributed by atoms with Crippen LogP contribution in [-0.4, -0.2) is 66.0 Å². The molecule has 2 aromatic rings. The number of aromatic nitrogens is 1. The number of nitrogens with zero attached hydrogens (tertiary/aromatic N) is 3. The van der Waals surface area contributed by atoms with Crippen LogP contribution in [-0.2, 0) is 20.7 Å². The second-order valence-electron chi connectivity index (χ2n) is 8.57. The van der Waals surface area contributed by atoms with Crippen LogP contribution in [0, 0.1) is 5.92 Å². The summed E-state index contributed by atoms with van der Waals surface area (Å²) in [5.74, 6) is 0.247. The second-order valence-corrected chi connectivity index (χ2v) is 8.57. The molecule has 1 aliphatic rings. The highest BCUT2D eigenvalue weighted by molar-refractivity contribution is 5.87. The lowest BCUT2D eigenvalue weighted by Crippen LogP contribution is -2.61. The summed E-state index contributed by atoms with van der Waals surface area (Å²) in [6.45, 7) is 5.21. The number of amides is 2. The molecule has 160 valence electrons. The first-order valence-corrected chi connectivity index (χ1v) is 10.4. The zero-order chi connectivity index (χ0) is 21.7. The molecule has 1 atom stereocenters. The van der Waals surface area contributed by atoms with E-state index >= 15 is 0 Å². The van der Waals surface area contributed by atoms with Crippen molar-refractivity contribution in [1.29, 1.82) is 0 Å². The Balaban J connectivity index is 1.83. The Morgan fingerprint density at radius 1 is 1.17 bits per heavy atom. The van der Waals surface area contributed by atoms with Gasteiger partial charge >= 0.3 is 0 Å². The van der Waals surface area contributed by atoms with E-state index in [1.165, 1.54) is 0 Å². The second kappa shape index (κ2) is 9.39. The van der Waals surface area contributed by atoms with Crippen LogP contribution < -0.4 is 0 Å². The maximum Gasteiger partial charge on any atom is 0.256 e. The fourth-order valence-electron chi connectivity index (χ4n) is 3.87. The maximum atomic E-state index is 13.2. The number of ether oxygens (including phenoxy) is 1. The number of hydrogen-bond acceptors (Lipinski definition) is 4. The molecule has 1 aliphatic heterocycles. The number of pyridine rings is 1. The molecule has 1 unspecified atom stereocenters. The largest absolute Gasteiger partial charge is 0.361 e. The van der Waals surface area contributed by atoms with Crippen molar-refractivity contribution in [3.63, 3.8) is 0 Å². The van der Waals surface area contributed by atoms with Crippen molar-refractivity contribution < 1.29 is 14.3 Å². The van der Waals surface area contributed by atoms with E-state index in [1.54, 1.807) is 30.1 Å². The van der Waals surface area contributed by atoms with Gasteiger partial charge in [0.25, 0.3) is 5.91 Å². The van der Waals surface area contributed by atoms with Gasteiger partial charge in [-0.05, 0) is 28.7 Å². The molecule has 3 rings (SSSR count). The molecule has 0 aliphatic carbocycles. The average Bonchev–Trinajstić information content (AvgIpc) is 2.74. The number of carbonyl (C=O) groups is 2. The lowest BCUT2D eigenvalue weighted by atomic mass is 9.89. The van der Waals surface area contributed by atoms with E-state index in [0.717, 1.165) is 16.7 Å². The summed E-state index contributed by atoms with van der Waals surface area (Å²) >= 11 is 0. The first-order chi connectivity index (χ1) is 14.3. The van der Waals surface area contributed by atoms with Crippen LogP contribution >= 0.6 is 0 Å².